The van der Waals surface area contributed by atoms with Crippen LogP contribution in [0.4, 0.5) is 10.9 Å². The summed E-state index contributed by atoms with van der Waals surface area (Å²) in [6.45, 7) is 9.04. The summed E-state index contributed by atoms with van der Waals surface area (Å²) in [6, 6.07) is 10.7. The van der Waals surface area contributed by atoms with E-state index in [0.717, 1.165) is 57.0 Å². The lowest BCUT2D eigenvalue weighted by Gasteiger charge is -2.43. The summed E-state index contributed by atoms with van der Waals surface area (Å²) in [6.07, 6.45) is 4.82. The number of amides is 1. The molecule has 12 heteroatoms. The molecular weight excluding hydrogens is 586 g/mol. The van der Waals surface area contributed by atoms with Gasteiger partial charge in [0.25, 0.3) is 5.91 Å². The minimum absolute atomic E-state index is 0. The number of hydrogen-bond acceptors (Lipinski definition) is 10. The normalized spacial score (nSPS) is 21.3. The molecule has 3 aromatic rings. The first-order valence-electron chi connectivity index (χ1n) is 15.1. The number of halogens is 1. The molecule has 0 unspecified atom stereocenters. The Morgan fingerprint density at radius 1 is 1.12 bits per heavy atom. The summed E-state index contributed by atoms with van der Waals surface area (Å²) in [5.41, 5.74) is 3.02. The third-order valence-electron chi connectivity index (χ3n) is 8.47. The molecule has 2 saturated heterocycles. The second kappa shape index (κ2) is 14.2. The number of aromatic nitrogens is 3. The van der Waals surface area contributed by atoms with Crippen molar-refractivity contribution in [1.29, 1.82) is 0 Å². The fourth-order valence-corrected chi connectivity index (χ4v) is 6.90. The summed E-state index contributed by atoms with van der Waals surface area (Å²) in [5, 5.41) is 17.8. The molecule has 2 N–H and O–H groups in total. The Morgan fingerprint density at radius 2 is 1.91 bits per heavy atom. The maximum absolute atomic E-state index is 13.7. The lowest BCUT2D eigenvalue weighted by atomic mass is 9.94. The van der Waals surface area contributed by atoms with Gasteiger partial charge in [0.2, 0.25) is 0 Å². The smallest absolute Gasteiger partial charge is 0.319 e. The van der Waals surface area contributed by atoms with Gasteiger partial charge < -0.3 is 25.0 Å². The zero-order chi connectivity index (χ0) is 29.1. The number of ether oxygens (including phenoxy) is 1. The lowest BCUT2D eigenvalue weighted by Crippen LogP contribution is -2.56. The van der Waals surface area contributed by atoms with Gasteiger partial charge in [-0.05, 0) is 42.7 Å². The number of nitrogens with one attached hydrogen (secondary N) is 1. The van der Waals surface area contributed by atoms with Gasteiger partial charge in [-0.3, -0.25) is 9.69 Å². The Hall–Kier alpha value is -2.99. The van der Waals surface area contributed by atoms with E-state index in [1.165, 1.54) is 11.1 Å². The number of fused-ring (bicyclic) bond motifs is 1. The fourth-order valence-electron chi connectivity index (χ4n) is 6.20. The van der Waals surface area contributed by atoms with Crippen molar-refractivity contribution < 1.29 is 14.6 Å². The quantitative estimate of drug-likeness (QED) is 0.382. The SMILES string of the molecule is CC(C)COc1nc(NC2CCN(c3nccs3)CC2)cc(C(=O)N2CC[C@@H](N3CCc4ccccc4C3)[C@H](O)C2)n1.Cl. The number of likely N-dealkylation sites (tertiary alicyclic amines) is 1. The number of nitrogens with zero attached hydrogens (tertiary/aromatic N) is 6. The van der Waals surface area contributed by atoms with Crippen LogP contribution < -0.4 is 15.0 Å². The fraction of sp³-hybridized carbons (Fsp3) is 0.548. The van der Waals surface area contributed by atoms with E-state index in [-0.39, 0.29) is 43.0 Å². The predicted molar refractivity (Wildman–Crippen MR) is 171 cm³/mol. The number of aliphatic hydroxyl groups is 1. The maximum Gasteiger partial charge on any atom is 0.319 e. The maximum atomic E-state index is 13.7. The lowest BCUT2D eigenvalue weighted by molar-refractivity contribution is -0.0139. The summed E-state index contributed by atoms with van der Waals surface area (Å²) in [7, 11) is 0. The van der Waals surface area contributed by atoms with E-state index in [9.17, 15) is 9.90 Å². The zero-order valence-electron chi connectivity index (χ0n) is 24.9. The van der Waals surface area contributed by atoms with Crippen molar-refractivity contribution in [3.8, 4) is 6.01 Å². The van der Waals surface area contributed by atoms with E-state index < -0.39 is 6.10 Å². The van der Waals surface area contributed by atoms with E-state index >= 15 is 0 Å². The molecule has 10 nitrogen and oxygen atoms in total. The molecule has 2 atom stereocenters. The van der Waals surface area contributed by atoms with Crippen LogP contribution in [0.25, 0.3) is 0 Å². The van der Waals surface area contributed by atoms with Crippen LogP contribution in [0, 0.1) is 5.92 Å². The van der Waals surface area contributed by atoms with E-state index in [0.29, 0.717) is 30.6 Å². The molecule has 1 amide bonds. The van der Waals surface area contributed by atoms with Gasteiger partial charge in [-0.1, -0.05) is 38.1 Å². The molecule has 0 spiro atoms. The average Bonchev–Trinajstić information content (AvgIpc) is 3.55. The Balaban J connectivity index is 0.00000368. The second-order valence-corrected chi connectivity index (χ2v) is 12.9. The molecule has 43 heavy (non-hydrogen) atoms. The Kier molecular flexibility index (Phi) is 10.4. The molecule has 1 aromatic carbocycles. The molecule has 6 rings (SSSR count). The Bertz CT molecular complexity index is 1350. The van der Waals surface area contributed by atoms with Crippen molar-refractivity contribution in [3.63, 3.8) is 0 Å². The van der Waals surface area contributed by atoms with Gasteiger partial charge in [0, 0.05) is 69.0 Å². The van der Waals surface area contributed by atoms with E-state index in [2.05, 4.69) is 68.2 Å². The van der Waals surface area contributed by atoms with Crippen LogP contribution in [-0.4, -0.2) is 93.3 Å². The third-order valence-corrected chi connectivity index (χ3v) is 9.30. The first-order chi connectivity index (χ1) is 20.4. The summed E-state index contributed by atoms with van der Waals surface area (Å²) in [4.78, 5) is 33.7. The standard InChI is InChI=1S/C31H41N7O3S.ClH/c1-21(2)20-41-30-34-25(17-28(35-30)33-24-8-13-36(14-9-24)31-32-11-16-42-31)29(40)38-15-10-26(27(39)19-38)37-12-7-22-5-3-4-6-23(22)18-37;/h3-6,11,16-17,21,24,26-27,39H,7-10,12-15,18-20H2,1-2H3,(H,33,34,35);1H/t26-,27-;/m1./s1. The topological polar surface area (TPSA) is 107 Å². The van der Waals surface area contributed by atoms with Crippen molar-refractivity contribution in [2.24, 2.45) is 5.92 Å². The number of rotatable bonds is 8. The molecule has 3 aliphatic rings. The van der Waals surface area contributed by atoms with Crippen molar-refractivity contribution in [2.45, 2.75) is 64.3 Å². The zero-order valence-corrected chi connectivity index (χ0v) is 26.5. The first kappa shape index (κ1) is 31.4. The average molecular weight is 628 g/mol. The molecule has 0 radical (unpaired) electrons. The van der Waals surface area contributed by atoms with Crippen molar-refractivity contribution in [2.75, 3.05) is 49.5 Å². The van der Waals surface area contributed by atoms with Gasteiger partial charge in [-0.25, -0.2) is 4.98 Å². The minimum atomic E-state index is -0.618. The van der Waals surface area contributed by atoms with Crippen LogP contribution in [0.3, 0.4) is 0 Å². The molecule has 2 aromatic heterocycles. The molecule has 232 valence electrons. The van der Waals surface area contributed by atoms with Gasteiger partial charge in [-0.15, -0.1) is 23.7 Å². The number of piperidine rings is 2. The number of thiazole rings is 1. The Labute approximate surface area is 263 Å². The number of hydrogen-bond donors (Lipinski definition) is 2. The molecule has 0 saturated carbocycles. The Morgan fingerprint density at radius 3 is 2.63 bits per heavy atom. The first-order valence-corrected chi connectivity index (χ1v) is 16.0. The van der Waals surface area contributed by atoms with Crippen LogP contribution in [-0.2, 0) is 13.0 Å². The highest BCUT2D eigenvalue weighted by Crippen LogP contribution is 2.27. The number of carbonyl (C=O) groups excluding carboxylic acids is 1. The van der Waals surface area contributed by atoms with Gasteiger partial charge in [0.1, 0.15) is 11.5 Å². The second-order valence-electron chi connectivity index (χ2n) is 12.0. The number of aliphatic hydroxyl groups excluding tert-OH is 1. The highest BCUT2D eigenvalue weighted by Gasteiger charge is 2.36. The molecular formula is C31H42ClN7O3S. The summed E-state index contributed by atoms with van der Waals surface area (Å²) >= 11 is 1.66. The van der Waals surface area contributed by atoms with Crippen LogP contribution in [0.5, 0.6) is 6.01 Å². The number of β-amino-alcohol motifs (C(OH)–C–C–N with tert-alkyl or cyclic N) is 1. The van der Waals surface area contributed by atoms with Gasteiger partial charge in [0.05, 0.1) is 12.7 Å². The van der Waals surface area contributed by atoms with Crippen molar-refractivity contribution in [3.05, 3.63) is 58.7 Å². The summed E-state index contributed by atoms with van der Waals surface area (Å²) in [5.74, 6) is 0.702. The van der Waals surface area contributed by atoms with Crippen LogP contribution in [0.2, 0.25) is 0 Å². The highest BCUT2D eigenvalue weighted by atomic mass is 35.5. The van der Waals surface area contributed by atoms with Gasteiger partial charge in [-0.2, -0.15) is 9.97 Å². The predicted octanol–water partition coefficient (Wildman–Crippen LogP) is 4.10. The molecule has 0 bridgehead atoms. The molecule has 0 aliphatic carbocycles. The van der Waals surface area contributed by atoms with E-state index in [1.807, 2.05) is 11.6 Å². The number of carbonyl (C=O) groups is 1. The number of anilines is 2. The van der Waals surface area contributed by atoms with Crippen LogP contribution >= 0.6 is 23.7 Å². The van der Waals surface area contributed by atoms with Crippen LogP contribution in [0.1, 0.15) is 54.7 Å². The van der Waals surface area contributed by atoms with E-state index in [4.69, 9.17) is 4.74 Å². The molecule has 2 fully saturated rings. The number of benzene rings is 1. The van der Waals surface area contributed by atoms with Crippen molar-refractivity contribution in [1.82, 2.24) is 24.8 Å². The van der Waals surface area contributed by atoms with Gasteiger partial charge in [0.15, 0.2) is 5.13 Å². The molecule has 5 heterocycles. The van der Waals surface area contributed by atoms with E-state index in [1.54, 1.807) is 22.3 Å². The minimum Gasteiger partial charge on any atom is -0.463 e. The third kappa shape index (κ3) is 7.57. The summed E-state index contributed by atoms with van der Waals surface area (Å²) < 4.78 is 5.88. The van der Waals surface area contributed by atoms with Crippen molar-refractivity contribution >= 4 is 40.6 Å². The monoisotopic (exact) mass is 627 g/mol. The highest BCUT2D eigenvalue weighted by molar-refractivity contribution is 7.13. The van der Waals surface area contributed by atoms with Crippen LogP contribution in [0.15, 0.2) is 41.9 Å². The molecule has 3 aliphatic heterocycles. The van der Waals surface area contributed by atoms with Gasteiger partial charge >= 0.3 is 6.01 Å². The largest absolute Gasteiger partial charge is 0.463 e.